The minimum Gasteiger partial charge on any atom is -0.493 e. The van der Waals surface area contributed by atoms with Crippen LogP contribution in [0.2, 0.25) is 0 Å². The van der Waals surface area contributed by atoms with Crippen molar-refractivity contribution in [2.75, 3.05) is 31.1 Å². The molecule has 0 spiro atoms. The molecule has 2 heterocycles. The molecule has 1 saturated heterocycles. The number of nitrogens with zero attached hydrogens (tertiary/aromatic N) is 2. The first kappa shape index (κ1) is 28.9. The van der Waals surface area contributed by atoms with Crippen LogP contribution in [0.5, 0.6) is 5.75 Å². The predicted molar refractivity (Wildman–Crippen MR) is 164 cm³/mol. The van der Waals surface area contributed by atoms with E-state index >= 15 is 0 Å². The maximum Gasteiger partial charge on any atom is 0.241 e. The number of aryl methyl sites for hydroxylation is 1. The summed E-state index contributed by atoms with van der Waals surface area (Å²) in [7, 11) is 0. The van der Waals surface area contributed by atoms with Gasteiger partial charge in [0, 0.05) is 31.2 Å². The second kappa shape index (κ2) is 14.3. The molecule has 39 heavy (non-hydrogen) atoms. The van der Waals surface area contributed by atoms with Gasteiger partial charge in [-0.2, -0.15) is 0 Å². The minimum atomic E-state index is 0.214. The number of carbonyl (C=O) groups is 1. The number of allylic oxidation sites excluding steroid dienone is 5. The Morgan fingerprint density at radius 3 is 2.85 bits per heavy atom. The number of amides is 1. The first-order valence-corrected chi connectivity index (χ1v) is 14.9. The van der Waals surface area contributed by atoms with Crippen LogP contribution in [-0.2, 0) is 17.6 Å². The van der Waals surface area contributed by atoms with Crippen molar-refractivity contribution in [1.82, 2.24) is 4.90 Å². The molecule has 2 aliphatic heterocycles. The third kappa shape index (κ3) is 7.73. The predicted octanol–water partition coefficient (Wildman–Crippen LogP) is 7.64. The minimum absolute atomic E-state index is 0.214. The monoisotopic (exact) mass is 526 g/mol. The molecular formula is C35H46N2O2. The molecule has 2 aliphatic rings. The standard InChI is InChI=1S/C35H46N2O2/c1-5-8-10-12-27(4)15-17-32-24-31(29-16-18-34-30(23-29)19-21-39-34)25-36(32)26-35(38)37(20-9-6-2)33-14-11-13-28(7-3)22-33/h5,8,10-14,16,18,22-23,31-32H,1,6-7,9,15,17,19-21,24-26H2,2-4H3/b10-8-,27-12+. The van der Waals surface area contributed by atoms with Crippen molar-refractivity contribution in [3.8, 4) is 5.75 Å². The van der Waals surface area contributed by atoms with E-state index in [1.165, 1.54) is 22.3 Å². The molecule has 1 amide bonds. The zero-order valence-electron chi connectivity index (χ0n) is 24.2. The van der Waals surface area contributed by atoms with E-state index in [2.05, 4.69) is 86.9 Å². The van der Waals surface area contributed by atoms with Crippen LogP contribution in [0.15, 0.2) is 78.9 Å². The molecule has 208 valence electrons. The fourth-order valence-corrected chi connectivity index (χ4v) is 5.87. The molecule has 1 fully saturated rings. The maximum absolute atomic E-state index is 13.9. The van der Waals surface area contributed by atoms with Crippen LogP contribution in [0.1, 0.15) is 75.5 Å². The van der Waals surface area contributed by atoms with Gasteiger partial charge in [0.05, 0.1) is 13.2 Å². The SMILES string of the molecule is C=C/C=C\C=C(/C)CCC1CC(c2ccc3c(c2)CCO3)CN1CC(=O)N(CCCC)c1cccc(CC)c1. The number of fused-ring (bicyclic) bond motifs is 1. The summed E-state index contributed by atoms with van der Waals surface area (Å²) in [4.78, 5) is 18.4. The third-order valence-corrected chi connectivity index (χ3v) is 8.22. The molecule has 0 radical (unpaired) electrons. The van der Waals surface area contributed by atoms with Gasteiger partial charge in [-0.3, -0.25) is 9.69 Å². The molecule has 2 unspecified atom stereocenters. The molecule has 4 heteroatoms. The number of likely N-dealkylation sites (tertiary alicyclic amines) is 1. The number of rotatable bonds is 13. The van der Waals surface area contributed by atoms with Crippen LogP contribution in [0, 0.1) is 0 Å². The van der Waals surface area contributed by atoms with E-state index in [9.17, 15) is 4.79 Å². The van der Waals surface area contributed by atoms with E-state index in [1.54, 1.807) is 6.08 Å². The van der Waals surface area contributed by atoms with Gasteiger partial charge in [-0.25, -0.2) is 0 Å². The number of hydrogen-bond acceptors (Lipinski definition) is 3. The van der Waals surface area contributed by atoms with Crippen LogP contribution in [0.3, 0.4) is 0 Å². The van der Waals surface area contributed by atoms with Gasteiger partial charge in [0.15, 0.2) is 0 Å². The van der Waals surface area contributed by atoms with Gasteiger partial charge in [-0.1, -0.05) is 81.0 Å². The normalized spacial score (nSPS) is 19.3. The number of ether oxygens (including phenoxy) is 1. The van der Waals surface area contributed by atoms with E-state index < -0.39 is 0 Å². The van der Waals surface area contributed by atoms with Crippen molar-refractivity contribution < 1.29 is 9.53 Å². The lowest BCUT2D eigenvalue weighted by Crippen LogP contribution is -2.43. The Hall–Kier alpha value is -3.11. The molecule has 0 aliphatic carbocycles. The van der Waals surface area contributed by atoms with Gasteiger partial charge in [-0.05, 0) is 79.8 Å². The Kier molecular flexibility index (Phi) is 10.6. The van der Waals surface area contributed by atoms with Crippen LogP contribution < -0.4 is 9.64 Å². The van der Waals surface area contributed by atoms with E-state index in [0.29, 0.717) is 18.5 Å². The summed E-state index contributed by atoms with van der Waals surface area (Å²) in [6.07, 6.45) is 15.2. The number of carbonyl (C=O) groups excluding carboxylic acids is 1. The van der Waals surface area contributed by atoms with Crippen LogP contribution in [0.4, 0.5) is 5.69 Å². The summed E-state index contributed by atoms with van der Waals surface area (Å²) >= 11 is 0. The fourth-order valence-electron chi connectivity index (χ4n) is 5.87. The zero-order valence-corrected chi connectivity index (χ0v) is 24.2. The smallest absolute Gasteiger partial charge is 0.241 e. The third-order valence-electron chi connectivity index (χ3n) is 8.22. The van der Waals surface area contributed by atoms with Gasteiger partial charge in [0.2, 0.25) is 5.91 Å². The van der Waals surface area contributed by atoms with E-state index in [0.717, 1.165) is 76.1 Å². The van der Waals surface area contributed by atoms with Gasteiger partial charge in [0.1, 0.15) is 5.75 Å². The topological polar surface area (TPSA) is 32.8 Å². The molecule has 0 saturated carbocycles. The lowest BCUT2D eigenvalue weighted by molar-refractivity contribution is -0.120. The number of anilines is 1. The molecule has 4 nitrogen and oxygen atoms in total. The molecule has 2 atom stereocenters. The van der Waals surface area contributed by atoms with E-state index in [-0.39, 0.29) is 5.91 Å². The maximum atomic E-state index is 13.9. The first-order chi connectivity index (χ1) is 19.0. The molecule has 4 rings (SSSR count). The Morgan fingerprint density at radius 2 is 2.05 bits per heavy atom. The zero-order chi connectivity index (χ0) is 27.6. The van der Waals surface area contributed by atoms with Gasteiger partial charge >= 0.3 is 0 Å². The molecule has 0 N–H and O–H groups in total. The Labute approximate surface area is 236 Å². The van der Waals surface area contributed by atoms with Crippen molar-refractivity contribution in [3.05, 3.63) is 95.6 Å². The van der Waals surface area contributed by atoms with Crippen LogP contribution in [-0.4, -0.2) is 43.1 Å². The van der Waals surface area contributed by atoms with E-state index in [1.807, 2.05) is 11.0 Å². The van der Waals surface area contributed by atoms with Gasteiger partial charge < -0.3 is 9.64 Å². The summed E-state index contributed by atoms with van der Waals surface area (Å²) in [5.41, 5.74) is 6.38. The van der Waals surface area contributed by atoms with Crippen molar-refractivity contribution in [3.63, 3.8) is 0 Å². The second-order valence-corrected chi connectivity index (χ2v) is 11.1. The average Bonchev–Trinajstić information content (AvgIpc) is 3.59. The Morgan fingerprint density at radius 1 is 1.18 bits per heavy atom. The number of hydrogen-bond donors (Lipinski definition) is 0. The Bertz CT molecular complexity index is 1180. The van der Waals surface area contributed by atoms with Crippen molar-refractivity contribution in [1.29, 1.82) is 0 Å². The largest absolute Gasteiger partial charge is 0.493 e. The highest BCUT2D eigenvalue weighted by Crippen LogP contribution is 2.37. The summed E-state index contributed by atoms with van der Waals surface area (Å²) in [5, 5.41) is 0. The Balaban J connectivity index is 1.52. The fraction of sp³-hybridized carbons (Fsp3) is 0.457. The second-order valence-electron chi connectivity index (χ2n) is 11.1. The number of benzene rings is 2. The van der Waals surface area contributed by atoms with Crippen LogP contribution >= 0.6 is 0 Å². The van der Waals surface area contributed by atoms with Crippen molar-refractivity contribution >= 4 is 11.6 Å². The summed E-state index contributed by atoms with van der Waals surface area (Å²) < 4.78 is 5.75. The highest BCUT2D eigenvalue weighted by Gasteiger charge is 2.35. The van der Waals surface area contributed by atoms with Gasteiger partial charge in [-0.15, -0.1) is 0 Å². The van der Waals surface area contributed by atoms with Crippen LogP contribution in [0.25, 0.3) is 0 Å². The highest BCUT2D eigenvalue weighted by atomic mass is 16.5. The average molecular weight is 527 g/mol. The molecule has 2 aromatic carbocycles. The lowest BCUT2D eigenvalue weighted by atomic mass is 9.93. The summed E-state index contributed by atoms with van der Waals surface area (Å²) in [5.74, 6) is 1.69. The number of unbranched alkanes of at least 4 members (excludes halogenated alkanes) is 1. The molecular weight excluding hydrogens is 480 g/mol. The van der Waals surface area contributed by atoms with Crippen molar-refractivity contribution in [2.45, 2.75) is 77.7 Å². The molecule has 0 bridgehead atoms. The highest BCUT2D eigenvalue weighted by molar-refractivity contribution is 5.95. The summed E-state index contributed by atoms with van der Waals surface area (Å²) in [6, 6.07) is 15.6. The quantitative estimate of drug-likeness (QED) is 0.251. The molecule has 2 aromatic rings. The lowest BCUT2D eigenvalue weighted by Gasteiger charge is -2.29. The van der Waals surface area contributed by atoms with Gasteiger partial charge in [0.25, 0.3) is 0 Å². The van der Waals surface area contributed by atoms with Crippen molar-refractivity contribution in [2.24, 2.45) is 0 Å². The molecule has 0 aromatic heterocycles. The first-order valence-electron chi connectivity index (χ1n) is 14.9. The van der Waals surface area contributed by atoms with E-state index in [4.69, 9.17) is 4.74 Å². The summed E-state index contributed by atoms with van der Waals surface area (Å²) in [6.45, 7) is 13.3.